The summed E-state index contributed by atoms with van der Waals surface area (Å²) in [6.45, 7) is 3.49. The van der Waals surface area contributed by atoms with E-state index in [9.17, 15) is 0 Å². The van der Waals surface area contributed by atoms with E-state index in [0.717, 1.165) is 13.1 Å². The lowest BCUT2D eigenvalue weighted by atomic mass is 10.1. The fourth-order valence-electron chi connectivity index (χ4n) is 1.86. The fraction of sp³-hybridized carbons (Fsp3) is 0.750. The van der Waals surface area contributed by atoms with E-state index in [4.69, 9.17) is 0 Å². The smallest absolute Gasteiger partial charge is 0.0358 e. The standard InChI is InChI=1S/C8H14N2/c1-10-4-2-3-7-5-9-6-8(7)10/h9H,2-6H2,1H3. The normalized spacial score (nSPS) is 25.5. The number of likely N-dealkylation sites (N-methyl/N-ethyl adjacent to an activating group) is 1. The summed E-state index contributed by atoms with van der Waals surface area (Å²) in [5.41, 5.74) is 3.21. The maximum Gasteiger partial charge on any atom is 0.0358 e. The van der Waals surface area contributed by atoms with Crippen LogP contribution in [0.3, 0.4) is 0 Å². The molecule has 2 aliphatic rings. The van der Waals surface area contributed by atoms with Gasteiger partial charge in [0.15, 0.2) is 0 Å². The van der Waals surface area contributed by atoms with Crippen molar-refractivity contribution in [2.75, 3.05) is 26.7 Å². The Bertz CT molecular complexity index is 172. The van der Waals surface area contributed by atoms with Gasteiger partial charge in [0, 0.05) is 32.4 Å². The van der Waals surface area contributed by atoms with Gasteiger partial charge >= 0.3 is 0 Å². The summed E-state index contributed by atoms with van der Waals surface area (Å²) in [6, 6.07) is 0. The minimum Gasteiger partial charge on any atom is -0.377 e. The van der Waals surface area contributed by atoms with Crippen LogP contribution in [-0.4, -0.2) is 31.6 Å². The molecule has 2 rings (SSSR count). The van der Waals surface area contributed by atoms with E-state index in [2.05, 4.69) is 17.3 Å². The minimum absolute atomic E-state index is 1.10. The van der Waals surface area contributed by atoms with Crippen LogP contribution < -0.4 is 5.32 Å². The van der Waals surface area contributed by atoms with Crippen LogP contribution in [0.15, 0.2) is 11.3 Å². The van der Waals surface area contributed by atoms with Crippen LogP contribution in [0.2, 0.25) is 0 Å². The van der Waals surface area contributed by atoms with Crippen LogP contribution in [0.25, 0.3) is 0 Å². The van der Waals surface area contributed by atoms with Gasteiger partial charge in [-0.2, -0.15) is 0 Å². The van der Waals surface area contributed by atoms with Crippen molar-refractivity contribution >= 4 is 0 Å². The first-order valence-electron chi connectivity index (χ1n) is 4.00. The van der Waals surface area contributed by atoms with Crippen molar-refractivity contribution < 1.29 is 0 Å². The topological polar surface area (TPSA) is 15.3 Å². The molecule has 0 bridgehead atoms. The third-order valence-corrected chi connectivity index (χ3v) is 2.47. The monoisotopic (exact) mass is 138 g/mol. The van der Waals surface area contributed by atoms with E-state index in [1.165, 1.54) is 19.4 Å². The van der Waals surface area contributed by atoms with E-state index in [1.807, 2.05) is 0 Å². The molecule has 0 spiro atoms. The van der Waals surface area contributed by atoms with Crippen LogP contribution in [0.1, 0.15) is 12.8 Å². The zero-order valence-corrected chi connectivity index (χ0v) is 6.48. The van der Waals surface area contributed by atoms with Crippen molar-refractivity contribution in [3.8, 4) is 0 Å². The van der Waals surface area contributed by atoms with Gasteiger partial charge in [0.25, 0.3) is 0 Å². The highest BCUT2D eigenvalue weighted by Gasteiger charge is 2.20. The average Bonchev–Trinajstić information content (AvgIpc) is 2.36. The van der Waals surface area contributed by atoms with Gasteiger partial charge in [0.1, 0.15) is 0 Å². The Labute approximate surface area is 61.9 Å². The molecule has 0 saturated carbocycles. The van der Waals surface area contributed by atoms with Crippen LogP contribution >= 0.6 is 0 Å². The van der Waals surface area contributed by atoms with E-state index in [-0.39, 0.29) is 0 Å². The highest BCUT2D eigenvalue weighted by molar-refractivity contribution is 5.23. The van der Waals surface area contributed by atoms with Gasteiger partial charge in [-0.1, -0.05) is 0 Å². The van der Waals surface area contributed by atoms with Crippen LogP contribution in [0.5, 0.6) is 0 Å². The molecule has 0 saturated heterocycles. The summed E-state index contributed by atoms with van der Waals surface area (Å²) in [5, 5.41) is 3.38. The third kappa shape index (κ3) is 0.833. The summed E-state index contributed by atoms with van der Waals surface area (Å²) >= 11 is 0. The van der Waals surface area contributed by atoms with Crippen molar-refractivity contribution in [1.82, 2.24) is 10.2 Å². The number of nitrogens with one attached hydrogen (secondary N) is 1. The molecule has 0 aromatic rings. The Balaban J connectivity index is 2.22. The Kier molecular flexibility index (Phi) is 1.42. The van der Waals surface area contributed by atoms with E-state index in [1.54, 1.807) is 11.3 Å². The second-order valence-electron chi connectivity index (χ2n) is 3.18. The first-order valence-corrected chi connectivity index (χ1v) is 4.00. The van der Waals surface area contributed by atoms with E-state index >= 15 is 0 Å². The van der Waals surface area contributed by atoms with E-state index < -0.39 is 0 Å². The molecular weight excluding hydrogens is 124 g/mol. The lowest BCUT2D eigenvalue weighted by molar-refractivity contribution is 0.381. The Morgan fingerprint density at radius 3 is 3.10 bits per heavy atom. The molecule has 10 heavy (non-hydrogen) atoms. The molecular formula is C8H14N2. The average molecular weight is 138 g/mol. The fourth-order valence-corrected chi connectivity index (χ4v) is 1.86. The molecule has 0 unspecified atom stereocenters. The molecule has 0 amide bonds. The zero-order valence-electron chi connectivity index (χ0n) is 6.48. The predicted molar refractivity (Wildman–Crippen MR) is 41.8 cm³/mol. The summed E-state index contributed by atoms with van der Waals surface area (Å²) in [5.74, 6) is 0. The van der Waals surface area contributed by atoms with Gasteiger partial charge in [0.2, 0.25) is 0 Å². The minimum atomic E-state index is 1.10. The highest BCUT2D eigenvalue weighted by Crippen LogP contribution is 2.22. The second kappa shape index (κ2) is 2.27. The van der Waals surface area contributed by atoms with Crippen molar-refractivity contribution in [2.24, 2.45) is 0 Å². The highest BCUT2D eigenvalue weighted by atomic mass is 15.2. The Morgan fingerprint density at radius 1 is 1.40 bits per heavy atom. The van der Waals surface area contributed by atoms with Crippen molar-refractivity contribution in [3.63, 3.8) is 0 Å². The molecule has 0 atom stereocenters. The number of hydrogen-bond acceptors (Lipinski definition) is 2. The predicted octanol–water partition coefficient (Wildman–Crippen LogP) is 0.569. The summed E-state index contributed by atoms with van der Waals surface area (Å²) in [6.07, 6.45) is 2.67. The number of hydrogen-bond donors (Lipinski definition) is 1. The molecule has 2 heteroatoms. The number of nitrogens with zero attached hydrogens (tertiary/aromatic N) is 1. The molecule has 2 heterocycles. The SMILES string of the molecule is CN1CCCC2=C1CNC2. The molecule has 0 radical (unpaired) electrons. The molecule has 0 aliphatic carbocycles. The van der Waals surface area contributed by atoms with Gasteiger partial charge in [-0.05, 0) is 18.4 Å². The first-order chi connectivity index (χ1) is 4.88. The third-order valence-electron chi connectivity index (χ3n) is 2.47. The maximum absolute atomic E-state index is 3.38. The second-order valence-corrected chi connectivity index (χ2v) is 3.18. The zero-order chi connectivity index (χ0) is 6.97. The van der Waals surface area contributed by atoms with Gasteiger partial charge in [-0.25, -0.2) is 0 Å². The van der Waals surface area contributed by atoms with Gasteiger partial charge in [0.05, 0.1) is 0 Å². The largest absolute Gasteiger partial charge is 0.377 e. The van der Waals surface area contributed by atoms with Crippen molar-refractivity contribution in [1.29, 1.82) is 0 Å². The van der Waals surface area contributed by atoms with Crippen molar-refractivity contribution in [2.45, 2.75) is 12.8 Å². The van der Waals surface area contributed by atoms with Gasteiger partial charge in [-0.15, -0.1) is 0 Å². The van der Waals surface area contributed by atoms with E-state index in [0.29, 0.717) is 0 Å². The lowest BCUT2D eigenvalue weighted by Gasteiger charge is -2.26. The molecule has 0 aromatic carbocycles. The molecule has 0 fully saturated rings. The lowest BCUT2D eigenvalue weighted by Crippen LogP contribution is -2.25. The summed E-state index contributed by atoms with van der Waals surface area (Å²) in [7, 11) is 2.20. The number of rotatable bonds is 0. The van der Waals surface area contributed by atoms with Gasteiger partial charge in [-0.3, -0.25) is 0 Å². The van der Waals surface area contributed by atoms with Crippen molar-refractivity contribution in [3.05, 3.63) is 11.3 Å². The molecule has 2 nitrogen and oxygen atoms in total. The Hall–Kier alpha value is -0.500. The van der Waals surface area contributed by atoms with Crippen LogP contribution in [0.4, 0.5) is 0 Å². The molecule has 2 aliphatic heterocycles. The van der Waals surface area contributed by atoms with Crippen LogP contribution in [0, 0.1) is 0 Å². The Morgan fingerprint density at radius 2 is 2.30 bits per heavy atom. The summed E-state index contributed by atoms with van der Waals surface area (Å²) in [4.78, 5) is 2.39. The van der Waals surface area contributed by atoms with Crippen LogP contribution in [-0.2, 0) is 0 Å². The maximum atomic E-state index is 3.38. The molecule has 0 aromatic heterocycles. The molecule has 1 N–H and O–H groups in total. The van der Waals surface area contributed by atoms with Gasteiger partial charge < -0.3 is 10.2 Å². The molecule has 56 valence electrons. The summed E-state index contributed by atoms with van der Waals surface area (Å²) < 4.78 is 0. The quantitative estimate of drug-likeness (QED) is 0.526. The first kappa shape index (κ1) is 6.23.